The molecule has 9 nitrogen and oxygen atoms in total. The first kappa shape index (κ1) is 25.5. The Morgan fingerprint density at radius 1 is 0.974 bits per heavy atom. The number of nitrogens with one attached hydrogen (secondary N) is 2. The van der Waals surface area contributed by atoms with Gasteiger partial charge in [0.1, 0.15) is 17.0 Å². The predicted molar refractivity (Wildman–Crippen MR) is 149 cm³/mol. The van der Waals surface area contributed by atoms with Crippen LogP contribution in [0.3, 0.4) is 0 Å². The third-order valence-corrected chi connectivity index (χ3v) is 8.96. The Morgan fingerprint density at radius 3 is 2.46 bits per heavy atom. The van der Waals surface area contributed by atoms with Crippen molar-refractivity contribution >= 4 is 39.6 Å². The Morgan fingerprint density at radius 2 is 1.69 bits per heavy atom. The number of H-pyrrole nitrogens is 1. The normalized spacial score (nSPS) is 20.3. The van der Waals surface area contributed by atoms with E-state index in [0.717, 1.165) is 30.5 Å². The van der Waals surface area contributed by atoms with Gasteiger partial charge < -0.3 is 10.3 Å². The number of hydrogen-bond donors (Lipinski definition) is 2. The molecule has 0 bridgehead atoms. The number of carbonyl (C=O) groups excluding carboxylic acids is 1. The van der Waals surface area contributed by atoms with Crippen LogP contribution in [-0.2, 0) is 0 Å². The van der Waals surface area contributed by atoms with E-state index in [-0.39, 0.29) is 40.2 Å². The van der Waals surface area contributed by atoms with Crippen molar-refractivity contribution in [1.29, 1.82) is 0 Å². The summed E-state index contributed by atoms with van der Waals surface area (Å²) in [6.45, 7) is 0. The highest BCUT2D eigenvalue weighted by Crippen LogP contribution is 2.30. The van der Waals surface area contributed by atoms with Crippen molar-refractivity contribution in [3.8, 4) is 0 Å². The molecule has 2 fully saturated rings. The van der Waals surface area contributed by atoms with E-state index in [0.29, 0.717) is 36.6 Å². The Kier molecular flexibility index (Phi) is 6.84. The zero-order chi connectivity index (χ0) is 27.1. The molecular weight excluding hydrogens is 521 g/mol. The minimum Gasteiger partial charge on any atom is -0.360 e. The summed E-state index contributed by atoms with van der Waals surface area (Å²) in [6.07, 6.45) is 6.09. The molecule has 0 atom stereocenters. The Balaban J connectivity index is 1.25. The second-order valence-electron chi connectivity index (χ2n) is 10.3. The second kappa shape index (κ2) is 10.4. The maximum atomic E-state index is 14.1. The van der Waals surface area contributed by atoms with E-state index in [4.69, 9.17) is 0 Å². The van der Waals surface area contributed by atoms with Gasteiger partial charge in [-0.25, -0.2) is 14.2 Å². The summed E-state index contributed by atoms with van der Waals surface area (Å²) in [5.74, 6) is 0.742. The average molecular weight is 550 g/mol. The standard InChI is InChI=1S/C28H28FN5O4S/c29-16-13-21-25(31-14-16)33(19-9-11-39-12-10-19)28(38)34(27(21)37)18-7-5-17(6-8-18)32-26(36)22-15-30-23-4-2-1-3-20(23)24(22)35/h1-4,13-15,17-19H,5-12H2,(H,30,35)(H,32,36). The van der Waals surface area contributed by atoms with Crippen LogP contribution in [0.25, 0.3) is 21.9 Å². The lowest BCUT2D eigenvalue weighted by Gasteiger charge is -2.31. The summed E-state index contributed by atoms with van der Waals surface area (Å²) < 4.78 is 17.0. The molecule has 1 aromatic carbocycles. The van der Waals surface area contributed by atoms with Gasteiger partial charge in [0, 0.05) is 35.2 Å². The molecule has 4 aromatic rings. The number of aromatic amines is 1. The maximum Gasteiger partial charge on any atom is 0.333 e. The molecule has 2 N–H and O–H groups in total. The molecule has 1 saturated carbocycles. The number of pyridine rings is 2. The first-order valence-electron chi connectivity index (χ1n) is 13.2. The van der Waals surface area contributed by atoms with E-state index < -0.39 is 23.0 Å². The number of rotatable bonds is 4. The molecule has 39 heavy (non-hydrogen) atoms. The monoisotopic (exact) mass is 549 g/mol. The Hall–Kier alpha value is -3.73. The van der Waals surface area contributed by atoms with Crippen LogP contribution in [0.1, 0.15) is 61.0 Å². The van der Waals surface area contributed by atoms with Gasteiger partial charge in [-0.1, -0.05) is 12.1 Å². The summed E-state index contributed by atoms with van der Waals surface area (Å²) in [6, 6.07) is 7.52. The molecule has 1 aliphatic carbocycles. The number of hydrogen-bond acceptors (Lipinski definition) is 6. The molecule has 0 spiro atoms. The van der Waals surface area contributed by atoms with E-state index in [1.54, 1.807) is 22.8 Å². The lowest BCUT2D eigenvalue weighted by atomic mass is 9.90. The third kappa shape index (κ3) is 4.69. The minimum absolute atomic E-state index is 0.0460. The molecule has 1 saturated heterocycles. The molecule has 202 valence electrons. The number of halogens is 1. The van der Waals surface area contributed by atoms with Gasteiger partial charge in [-0.05, 0) is 68.2 Å². The van der Waals surface area contributed by atoms with Crippen molar-refractivity contribution in [2.75, 3.05) is 11.5 Å². The molecule has 1 amide bonds. The van der Waals surface area contributed by atoms with Gasteiger partial charge in [0.2, 0.25) is 5.43 Å². The van der Waals surface area contributed by atoms with Gasteiger partial charge in [-0.2, -0.15) is 11.8 Å². The van der Waals surface area contributed by atoms with E-state index in [2.05, 4.69) is 15.3 Å². The molecule has 0 unspecified atom stereocenters. The van der Waals surface area contributed by atoms with Crippen molar-refractivity contribution in [3.05, 3.63) is 85.2 Å². The van der Waals surface area contributed by atoms with Gasteiger partial charge in [0.15, 0.2) is 0 Å². The van der Waals surface area contributed by atoms with Crippen LogP contribution in [0.2, 0.25) is 0 Å². The number of benzene rings is 1. The largest absolute Gasteiger partial charge is 0.360 e. The molecule has 2 aliphatic rings. The van der Waals surface area contributed by atoms with E-state index in [1.807, 2.05) is 17.8 Å². The van der Waals surface area contributed by atoms with Gasteiger partial charge in [0.25, 0.3) is 11.5 Å². The number of para-hydroxylation sites is 1. The first-order valence-corrected chi connectivity index (χ1v) is 14.4. The highest BCUT2D eigenvalue weighted by Gasteiger charge is 2.30. The zero-order valence-corrected chi connectivity index (χ0v) is 22.0. The van der Waals surface area contributed by atoms with Crippen LogP contribution < -0.4 is 22.0 Å². The first-order chi connectivity index (χ1) is 18.9. The molecule has 4 heterocycles. The van der Waals surface area contributed by atoms with Crippen molar-refractivity contribution in [2.24, 2.45) is 0 Å². The van der Waals surface area contributed by atoms with Crippen molar-refractivity contribution in [2.45, 2.75) is 56.7 Å². The molecular formula is C28H28FN5O4S. The minimum atomic E-state index is -0.620. The highest BCUT2D eigenvalue weighted by molar-refractivity contribution is 7.99. The number of carbonyl (C=O) groups is 1. The van der Waals surface area contributed by atoms with E-state index >= 15 is 0 Å². The van der Waals surface area contributed by atoms with Crippen molar-refractivity contribution in [1.82, 2.24) is 24.4 Å². The third-order valence-electron chi connectivity index (χ3n) is 7.91. The van der Waals surface area contributed by atoms with Crippen LogP contribution in [0, 0.1) is 5.82 Å². The van der Waals surface area contributed by atoms with Crippen molar-refractivity contribution < 1.29 is 9.18 Å². The molecule has 6 rings (SSSR count). The van der Waals surface area contributed by atoms with Crippen LogP contribution in [0.5, 0.6) is 0 Å². The number of amides is 1. The van der Waals surface area contributed by atoms with Crippen LogP contribution >= 0.6 is 11.8 Å². The van der Waals surface area contributed by atoms with E-state index in [9.17, 15) is 23.6 Å². The molecule has 1 aliphatic heterocycles. The maximum absolute atomic E-state index is 14.1. The van der Waals surface area contributed by atoms with Gasteiger partial charge >= 0.3 is 5.69 Å². The van der Waals surface area contributed by atoms with Gasteiger partial charge in [-0.15, -0.1) is 0 Å². The number of nitrogens with zero attached hydrogens (tertiary/aromatic N) is 3. The quantitative estimate of drug-likeness (QED) is 0.402. The fourth-order valence-corrected chi connectivity index (χ4v) is 6.96. The average Bonchev–Trinajstić information content (AvgIpc) is 2.95. The molecule has 11 heteroatoms. The fraction of sp³-hybridized carbons (Fsp3) is 0.393. The topological polar surface area (TPSA) is 119 Å². The summed E-state index contributed by atoms with van der Waals surface area (Å²) in [5, 5.41) is 3.51. The number of thioether (sulfide) groups is 1. The highest BCUT2D eigenvalue weighted by atomic mass is 32.2. The zero-order valence-electron chi connectivity index (χ0n) is 21.2. The Labute approximate surface area is 226 Å². The van der Waals surface area contributed by atoms with Crippen LogP contribution in [0.15, 0.2) is 57.1 Å². The molecule has 3 aromatic heterocycles. The summed E-state index contributed by atoms with van der Waals surface area (Å²) in [4.78, 5) is 60.1. The lowest BCUT2D eigenvalue weighted by molar-refractivity contribution is 0.0920. The van der Waals surface area contributed by atoms with Crippen LogP contribution in [-0.4, -0.2) is 42.6 Å². The van der Waals surface area contributed by atoms with Gasteiger partial charge in [-0.3, -0.25) is 23.5 Å². The lowest BCUT2D eigenvalue weighted by Crippen LogP contribution is -2.46. The Bertz CT molecular complexity index is 1750. The summed E-state index contributed by atoms with van der Waals surface area (Å²) >= 11 is 1.83. The second-order valence-corrected chi connectivity index (χ2v) is 11.5. The van der Waals surface area contributed by atoms with E-state index in [1.165, 1.54) is 16.8 Å². The number of fused-ring (bicyclic) bond motifs is 2. The van der Waals surface area contributed by atoms with Gasteiger partial charge in [0.05, 0.1) is 11.6 Å². The molecule has 0 radical (unpaired) electrons. The summed E-state index contributed by atoms with van der Waals surface area (Å²) in [7, 11) is 0. The smallest absolute Gasteiger partial charge is 0.333 e. The summed E-state index contributed by atoms with van der Waals surface area (Å²) in [5.41, 5.74) is -0.322. The SMILES string of the molecule is O=C(NC1CCC(n2c(=O)c3cc(F)cnc3n(C3CCSCC3)c2=O)CC1)c1c[nH]c2ccccc2c1=O. The van der Waals surface area contributed by atoms with Crippen LogP contribution in [0.4, 0.5) is 4.39 Å². The predicted octanol–water partition coefficient (Wildman–Crippen LogP) is 3.52. The number of aromatic nitrogens is 4. The van der Waals surface area contributed by atoms with Crippen molar-refractivity contribution in [3.63, 3.8) is 0 Å². The fourth-order valence-electron chi connectivity index (χ4n) is 5.88.